The highest BCUT2D eigenvalue weighted by Gasteiger charge is 2.20. The van der Waals surface area contributed by atoms with Crippen LogP contribution in [0.25, 0.3) is 20.7 Å². The topological polar surface area (TPSA) is 64.0 Å². The van der Waals surface area contributed by atoms with Crippen molar-refractivity contribution in [2.24, 2.45) is 0 Å². The highest BCUT2D eigenvalue weighted by atomic mass is 32.2. The van der Waals surface area contributed by atoms with E-state index in [0.29, 0.717) is 28.5 Å². The zero-order valence-electron chi connectivity index (χ0n) is 15.3. The Morgan fingerprint density at radius 2 is 2.15 bits per heavy atom. The molecular formula is C20H21N3O2S2. The Hall–Kier alpha value is -2.38. The van der Waals surface area contributed by atoms with Crippen LogP contribution < -0.4 is 10.9 Å². The Bertz CT molecular complexity index is 1020. The van der Waals surface area contributed by atoms with Gasteiger partial charge in [0.2, 0.25) is 5.91 Å². The third-order valence-corrected chi connectivity index (χ3v) is 6.22. The van der Waals surface area contributed by atoms with E-state index in [1.165, 1.54) is 23.1 Å². The van der Waals surface area contributed by atoms with Crippen molar-refractivity contribution in [1.29, 1.82) is 0 Å². The summed E-state index contributed by atoms with van der Waals surface area (Å²) in [5.74, 6) is -0.0720. The van der Waals surface area contributed by atoms with E-state index in [1.807, 2.05) is 50.2 Å². The van der Waals surface area contributed by atoms with Crippen LogP contribution in [0.1, 0.15) is 13.8 Å². The number of hydrogen-bond acceptors (Lipinski definition) is 5. The molecule has 2 heterocycles. The molecule has 1 aromatic carbocycles. The maximum atomic E-state index is 13.0. The maximum absolute atomic E-state index is 13.0. The number of allylic oxidation sites excluding steroid dienone is 1. The van der Waals surface area contributed by atoms with Gasteiger partial charge in [0.1, 0.15) is 4.70 Å². The van der Waals surface area contributed by atoms with Crippen LogP contribution in [0.3, 0.4) is 0 Å². The number of carbonyl (C=O) groups is 1. The molecule has 0 aliphatic carbocycles. The van der Waals surface area contributed by atoms with E-state index < -0.39 is 0 Å². The van der Waals surface area contributed by atoms with Crippen LogP contribution in [0.2, 0.25) is 0 Å². The van der Waals surface area contributed by atoms with Crippen LogP contribution in [0.5, 0.6) is 0 Å². The molecule has 2 aromatic heterocycles. The van der Waals surface area contributed by atoms with E-state index in [1.54, 1.807) is 10.6 Å². The second-order valence-electron chi connectivity index (χ2n) is 5.94. The monoisotopic (exact) mass is 399 g/mol. The van der Waals surface area contributed by atoms with Crippen molar-refractivity contribution < 1.29 is 4.79 Å². The largest absolute Gasteiger partial charge is 0.355 e. The molecule has 0 saturated carbocycles. The van der Waals surface area contributed by atoms with Gasteiger partial charge in [-0.2, -0.15) is 0 Å². The molecule has 5 nitrogen and oxygen atoms in total. The summed E-state index contributed by atoms with van der Waals surface area (Å²) in [5.41, 5.74) is 1.62. The molecule has 0 aliphatic heterocycles. The van der Waals surface area contributed by atoms with Crippen molar-refractivity contribution in [3.8, 4) is 10.4 Å². The first kappa shape index (κ1) is 19.4. The predicted octanol–water partition coefficient (Wildman–Crippen LogP) is 3.93. The first-order valence-electron chi connectivity index (χ1n) is 8.70. The molecule has 140 valence electrons. The lowest BCUT2D eigenvalue weighted by Gasteiger charge is -2.14. The van der Waals surface area contributed by atoms with Crippen LogP contribution in [-0.2, 0) is 11.3 Å². The van der Waals surface area contributed by atoms with Crippen LogP contribution in [0, 0.1) is 0 Å². The summed E-state index contributed by atoms with van der Waals surface area (Å²) in [6, 6.07) is 11.9. The van der Waals surface area contributed by atoms with Gasteiger partial charge in [0.15, 0.2) is 5.16 Å². The van der Waals surface area contributed by atoms with Gasteiger partial charge in [-0.05, 0) is 25.5 Å². The van der Waals surface area contributed by atoms with E-state index in [4.69, 9.17) is 4.98 Å². The number of carbonyl (C=O) groups excluding carboxylic acids is 1. The molecule has 0 bridgehead atoms. The number of hydrogen-bond donors (Lipinski definition) is 1. The van der Waals surface area contributed by atoms with Crippen LogP contribution in [0.15, 0.2) is 59.0 Å². The number of rotatable bonds is 7. The highest BCUT2D eigenvalue weighted by molar-refractivity contribution is 8.00. The van der Waals surface area contributed by atoms with Crippen LogP contribution in [0.4, 0.5) is 0 Å². The van der Waals surface area contributed by atoms with Crippen LogP contribution >= 0.6 is 23.1 Å². The summed E-state index contributed by atoms with van der Waals surface area (Å²) in [7, 11) is 0. The Balaban J connectivity index is 2.07. The molecule has 0 saturated heterocycles. The molecule has 3 aromatic rings. The Morgan fingerprint density at radius 3 is 2.81 bits per heavy atom. The normalized spacial score (nSPS) is 12.1. The van der Waals surface area contributed by atoms with Crippen LogP contribution in [-0.4, -0.2) is 27.3 Å². The van der Waals surface area contributed by atoms with Gasteiger partial charge in [0.05, 0.1) is 10.8 Å². The Morgan fingerprint density at radius 1 is 1.41 bits per heavy atom. The second-order valence-corrected chi connectivity index (χ2v) is 8.30. The number of nitrogens with zero attached hydrogens (tertiary/aromatic N) is 2. The number of thiophene rings is 1. The van der Waals surface area contributed by atoms with Gasteiger partial charge in [-0.1, -0.05) is 48.2 Å². The fourth-order valence-corrected chi connectivity index (χ4v) is 4.64. The molecule has 0 fully saturated rings. The van der Waals surface area contributed by atoms with E-state index in [0.717, 1.165) is 10.4 Å². The first-order chi connectivity index (χ1) is 13.0. The van der Waals surface area contributed by atoms with E-state index in [2.05, 4.69) is 11.9 Å². The zero-order chi connectivity index (χ0) is 19.4. The molecule has 3 rings (SSSR count). The number of nitrogens with one attached hydrogen (secondary N) is 1. The summed E-state index contributed by atoms with van der Waals surface area (Å²) in [6.45, 7) is 8.36. The van der Waals surface area contributed by atoms with Crippen molar-refractivity contribution in [1.82, 2.24) is 14.9 Å². The van der Waals surface area contributed by atoms with Gasteiger partial charge < -0.3 is 5.32 Å². The standard InChI is InChI=1S/C20H21N3O2S2/c1-4-11-23-19(25)17-15(12-16(27-17)14-9-7-6-8-10-14)22-20(23)26-13(3)18(24)21-5-2/h4,6-10,12-13H,1,5,11H2,2-3H3,(H,21,24)/t13-/m1/s1. The Kier molecular flexibility index (Phi) is 6.13. The third kappa shape index (κ3) is 4.14. The number of aromatic nitrogens is 2. The van der Waals surface area contributed by atoms with Crippen molar-refractivity contribution in [2.75, 3.05) is 6.54 Å². The summed E-state index contributed by atoms with van der Waals surface area (Å²) in [5, 5.41) is 2.98. The molecular weight excluding hydrogens is 378 g/mol. The molecule has 0 unspecified atom stereocenters. The smallest absolute Gasteiger partial charge is 0.272 e. The average molecular weight is 400 g/mol. The molecule has 0 radical (unpaired) electrons. The van der Waals surface area contributed by atoms with Crippen molar-refractivity contribution in [3.63, 3.8) is 0 Å². The molecule has 1 atom stereocenters. The minimum atomic E-state index is -0.349. The molecule has 7 heteroatoms. The van der Waals surface area contributed by atoms with E-state index in [9.17, 15) is 9.59 Å². The summed E-state index contributed by atoms with van der Waals surface area (Å²) < 4.78 is 2.20. The van der Waals surface area contributed by atoms with Gasteiger partial charge in [-0.15, -0.1) is 17.9 Å². The first-order valence-corrected chi connectivity index (χ1v) is 10.4. The lowest BCUT2D eigenvalue weighted by molar-refractivity contribution is -0.120. The van der Waals surface area contributed by atoms with Gasteiger partial charge >= 0.3 is 0 Å². The summed E-state index contributed by atoms with van der Waals surface area (Å²) in [6.07, 6.45) is 1.67. The molecule has 27 heavy (non-hydrogen) atoms. The van der Waals surface area contributed by atoms with E-state index >= 15 is 0 Å². The lowest BCUT2D eigenvalue weighted by Crippen LogP contribution is -2.31. The minimum Gasteiger partial charge on any atom is -0.355 e. The number of amides is 1. The molecule has 0 aliphatic rings. The number of thioether (sulfide) groups is 1. The van der Waals surface area contributed by atoms with Crippen molar-refractivity contribution >= 4 is 39.2 Å². The van der Waals surface area contributed by atoms with Crippen molar-refractivity contribution in [2.45, 2.75) is 30.8 Å². The van der Waals surface area contributed by atoms with E-state index in [-0.39, 0.29) is 16.7 Å². The second kappa shape index (κ2) is 8.54. The molecule has 0 spiro atoms. The highest BCUT2D eigenvalue weighted by Crippen LogP contribution is 2.32. The average Bonchev–Trinajstić information content (AvgIpc) is 3.10. The third-order valence-electron chi connectivity index (χ3n) is 3.97. The molecule has 1 amide bonds. The zero-order valence-corrected chi connectivity index (χ0v) is 16.9. The summed E-state index contributed by atoms with van der Waals surface area (Å²) >= 11 is 2.73. The van der Waals surface area contributed by atoms with Gasteiger partial charge in [-0.3, -0.25) is 14.2 Å². The SMILES string of the molecule is C=CCn1c(S[C@H](C)C(=O)NCC)nc2cc(-c3ccccc3)sc2c1=O. The molecule has 1 N–H and O–H groups in total. The van der Waals surface area contributed by atoms with Gasteiger partial charge in [0, 0.05) is 18.0 Å². The maximum Gasteiger partial charge on any atom is 0.272 e. The number of benzene rings is 1. The quantitative estimate of drug-likeness (QED) is 0.371. The Labute approximate surface area is 166 Å². The fourth-order valence-electron chi connectivity index (χ4n) is 2.64. The van der Waals surface area contributed by atoms with Gasteiger partial charge in [0.25, 0.3) is 5.56 Å². The van der Waals surface area contributed by atoms with Crippen molar-refractivity contribution in [3.05, 3.63) is 59.4 Å². The summed E-state index contributed by atoms with van der Waals surface area (Å²) in [4.78, 5) is 30.8. The fraction of sp³-hybridized carbons (Fsp3) is 0.250. The number of fused-ring (bicyclic) bond motifs is 1. The lowest BCUT2D eigenvalue weighted by atomic mass is 10.2. The minimum absolute atomic E-state index is 0.0720. The van der Waals surface area contributed by atoms with Gasteiger partial charge in [-0.25, -0.2) is 4.98 Å². The predicted molar refractivity (Wildman–Crippen MR) is 114 cm³/mol.